The van der Waals surface area contributed by atoms with Crippen LogP contribution in [0.1, 0.15) is 25.4 Å². The molecule has 1 N–H and O–H groups in total. The molecule has 0 aliphatic heterocycles. The standard InChI is InChI=1S/C28H19ClN6O4S2/c29-22-8-6-18(41-22)15-32-23-14-20(33-35(23)28(38)26-30-10-12-39-26)25-19(17-4-2-1-3-5-17)7-9-24(37)34(25)16-21(36)27-31-11-13-40-27/h1-14,32H,15-16H2. The van der Waals surface area contributed by atoms with Crippen LogP contribution in [0.5, 0.6) is 0 Å². The molecule has 204 valence electrons. The zero-order valence-electron chi connectivity index (χ0n) is 21.1. The number of nitrogens with zero attached hydrogens (tertiary/aromatic N) is 5. The molecule has 0 saturated heterocycles. The highest BCUT2D eigenvalue weighted by atomic mass is 35.5. The Balaban J connectivity index is 1.51. The summed E-state index contributed by atoms with van der Waals surface area (Å²) in [6, 6.07) is 17.8. The molecule has 6 rings (SSSR count). The van der Waals surface area contributed by atoms with Crippen LogP contribution in [0.3, 0.4) is 0 Å². The second-order valence-electron chi connectivity index (χ2n) is 8.67. The zero-order valence-corrected chi connectivity index (χ0v) is 23.4. The van der Waals surface area contributed by atoms with Crippen LogP contribution in [-0.2, 0) is 13.1 Å². The number of thiophene rings is 1. The summed E-state index contributed by atoms with van der Waals surface area (Å²) in [6.07, 6.45) is 4.20. The summed E-state index contributed by atoms with van der Waals surface area (Å²) in [4.78, 5) is 48.8. The SMILES string of the molecule is O=C(Cn1c(-c2cc(NCc3ccc(Cl)s3)n(C(=O)c3ncco3)n2)c(-c2ccccc2)ccc1=O)c1nccs1. The number of ketones is 1. The predicted octanol–water partition coefficient (Wildman–Crippen LogP) is 5.72. The Morgan fingerprint density at radius 2 is 1.88 bits per heavy atom. The maximum atomic E-state index is 13.4. The van der Waals surface area contributed by atoms with Gasteiger partial charge in [0.05, 0.1) is 29.3 Å². The van der Waals surface area contributed by atoms with E-state index in [9.17, 15) is 14.4 Å². The first kappa shape index (κ1) is 26.6. The van der Waals surface area contributed by atoms with Gasteiger partial charge >= 0.3 is 5.91 Å². The molecule has 0 aliphatic carbocycles. The highest BCUT2D eigenvalue weighted by molar-refractivity contribution is 7.16. The molecular weight excluding hydrogens is 584 g/mol. The smallest absolute Gasteiger partial charge is 0.335 e. The number of benzene rings is 1. The second-order valence-corrected chi connectivity index (χ2v) is 11.4. The van der Waals surface area contributed by atoms with Crippen LogP contribution in [0.15, 0.2) is 93.9 Å². The van der Waals surface area contributed by atoms with E-state index in [1.54, 1.807) is 23.6 Å². The third-order valence-electron chi connectivity index (χ3n) is 6.07. The largest absolute Gasteiger partial charge is 0.441 e. The van der Waals surface area contributed by atoms with E-state index in [-0.39, 0.29) is 23.2 Å². The van der Waals surface area contributed by atoms with Crippen LogP contribution in [-0.4, -0.2) is 36.0 Å². The molecule has 10 nitrogen and oxygen atoms in total. The number of Topliss-reactive ketones (excluding diaryl/α,β-unsaturated/α-hetero) is 1. The number of anilines is 1. The van der Waals surface area contributed by atoms with Gasteiger partial charge < -0.3 is 9.73 Å². The van der Waals surface area contributed by atoms with E-state index in [1.165, 1.54) is 52.0 Å². The highest BCUT2D eigenvalue weighted by Gasteiger charge is 2.25. The Morgan fingerprint density at radius 3 is 2.59 bits per heavy atom. The average Bonchev–Trinajstić information content (AvgIpc) is 3.81. The molecule has 0 bridgehead atoms. The fourth-order valence-electron chi connectivity index (χ4n) is 4.26. The summed E-state index contributed by atoms with van der Waals surface area (Å²) < 4.78 is 8.37. The minimum absolute atomic E-state index is 0.158. The fourth-order valence-corrected chi connectivity index (χ4v) is 5.85. The zero-order chi connectivity index (χ0) is 28.3. The molecule has 5 aromatic heterocycles. The van der Waals surface area contributed by atoms with E-state index in [1.807, 2.05) is 36.4 Å². The predicted molar refractivity (Wildman–Crippen MR) is 157 cm³/mol. The van der Waals surface area contributed by atoms with Gasteiger partial charge in [0.1, 0.15) is 17.8 Å². The lowest BCUT2D eigenvalue weighted by Crippen LogP contribution is -2.26. The van der Waals surface area contributed by atoms with E-state index in [0.29, 0.717) is 33.7 Å². The Bertz CT molecular complexity index is 1890. The fraction of sp³-hybridized carbons (Fsp3) is 0.0714. The number of hydrogen-bond donors (Lipinski definition) is 1. The molecule has 13 heteroatoms. The van der Waals surface area contributed by atoms with Crippen LogP contribution in [0.4, 0.5) is 5.82 Å². The van der Waals surface area contributed by atoms with Crippen molar-refractivity contribution >= 4 is 51.8 Å². The molecule has 41 heavy (non-hydrogen) atoms. The second kappa shape index (κ2) is 11.5. The molecular formula is C28H19ClN6O4S2. The summed E-state index contributed by atoms with van der Waals surface area (Å²) in [5.74, 6) is -0.759. The molecule has 0 saturated carbocycles. The number of hydrogen-bond acceptors (Lipinski definition) is 10. The van der Waals surface area contributed by atoms with Gasteiger partial charge in [0, 0.05) is 34.2 Å². The monoisotopic (exact) mass is 602 g/mol. The van der Waals surface area contributed by atoms with Gasteiger partial charge in [-0.3, -0.25) is 19.0 Å². The quantitative estimate of drug-likeness (QED) is 0.208. The lowest BCUT2D eigenvalue weighted by atomic mass is 10.0. The maximum absolute atomic E-state index is 13.4. The molecule has 1 aromatic carbocycles. The van der Waals surface area contributed by atoms with Gasteiger partial charge in [0.15, 0.2) is 5.01 Å². The van der Waals surface area contributed by atoms with Crippen LogP contribution >= 0.6 is 34.3 Å². The van der Waals surface area contributed by atoms with Crippen molar-refractivity contribution in [1.29, 1.82) is 0 Å². The van der Waals surface area contributed by atoms with Gasteiger partial charge in [-0.1, -0.05) is 41.9 Å². The third-order valence-corrected chi connectivity index (χ3v) is 8.12. The van der Waals surface area contributed by atoms with Gasteiger partial charge in [-0.25, -0.2) is 9.97 Å². The first-order valence-electron chi connectivity index (χ1n) is 12.2. The number of carbonyl (C=O) groups excluding carboxylic acids is 2. The molecule has 0 amide bonds. The normalized spacial score (nSPS) is 11.0. The molecule has 0 fully saturated rings. The topological polar surface area (TPSA) is 125 Å². The van der Waals surface area contributed by atoms with Gasteiger partial charge in [-0.05, 0) is 23.8 Å². The molecule has 6 aromatic rings. The lowest BCUT2D eigenvalue weighted by Gasteiger charge is -2.15. The molecule has 0 radical (unpaired) electrons. The van der Waals surface area contributed by atoms with Gasteiger partial charge in [0.2, 0.25) is 5.78 Å². The van der Waals surface area contributed by atoms with E-state index < -0.39 is 11.5 Å². The Morgan fingerprint density at radius 1 is 1.02 bits per heavy atom. The van der Waals surface area contributed by atoms with E-state index in [4.69, 9.17) is 16.0 Å². The summed E-state index contributed by atoms with van der Waals surface area (Å²) >= 11 is 8.70. The molecule has 0 unspecified atom stereocenters. The number of rotatable bonds is 9. The van der Waals surface area contributed by atoms with E-state index in [2.05, 4.69) is 20.4 Å². The Hall–Kier alpha value is -4.65. The number of carbonyl (C=O) groups is 2. The first-order valence-corrected chi connectivity index (χ1v) is 14.3. The summed E-state index contributed by atoms with van der Waals surface area (Å²) in [7, 11) is 0. The van der Waals surface area contributed by atoms with Crippen LogP contribution < -0.4 is 10.9 Å². The van der Waals surface area contributed by atoms with Crippen molar-refractivity contribution in [3.63, 3.8) is 0 Å². The van der Waals surface area contributed by atoms with Crippen molar-refractivity contribution in [1.82, 2.24) is 24.3 Å². The van der Waals surface area contributed by atoms with E-state index in [0.717, 1.165) is 15.1 Å². The van der Waals surface area contributed by atoms with Gasteiger partial charge in [0.25, 0.3) is 11.4 Å². The molecule has 0 spiro atoms. The highest BCUT2D eigenvalue weighted by Crippen LogP contribution is 2.33. The third kappa shape index (κ3) is 5.53. The molecule has 5 heterocycles. The summed E-state index contributed by atoms with van der Waals surface area (Å²) in [6.45, 7) is 0.0937. The van der Waals surface area contributed by atoms with Crippen molar-refractivity contribution in [2.45, 2.75) is 13.1 Å². The van der Waals surface area contributed by atoms with Crippen molar-refractivity contribution < 1.29 is 14.0 Å². The van der Waals surface area contributed by atoms with E-state index >= 15 is 0 Å². The first-order chi connectivity index (χ1) is 20.0. The Kier molecular flexibility index (Phi) is 7.42. The summed E-state index contributed by atoms with van der Waals surface area (Å²) in [5, 5.41) is 9.83. The number of pyridine rings is 1. The average molecular weight is 603 g/mol. The number of aromatic nitrogens is 5. The Labute approximate surface area is 245 Å². The number of oxazole rings is 1. The summed E-state index contributed by atoms with van der Waals surface area (Å²) in [5.41, 5.74) is 1.71. The van der Waals surface area contributed by atoms with Crippen LogP contribution in [0.2, 0.25) is 4.34 Å². The minimum Gasteiger partial charge on any atom is -0.441 e. The molecule has 0 atom stereocenters. The van der Waals surface area contributed by atoms with Crippen LogP contribution in [0, 0.1) is 0 Å². The number of halogens is 1. The molecule has 0 aliphatic rings. The van der Waals surface area contributed by atoms with Crippen molar-refractivity contribution in [3.8, 4) is 22.5 Å². The van der Waals surface area contributed by atoms with Crippen molar-refractivity contribution in [2.75, 3.05) is 5.32 Å². The minimum atomic E-state index is -0.613. The van der Waals surface area contributed by atoms with Crippen LogP contribution in [0.25, 0.3) is 22.5 Å². The van der Waals surface area contributed by atoms with Gasteiger partial charge in [-0.2, -0.15) is 9.78 Å². The maximum Gasteiger partial charge on any atom is 0.335 e. The number of nitrogens with one attached hydrogen (secondary N) is 1. The van der Waals surface area contributed by atoms with Crippen molar-refractivity contribution in [2.24, 2.45) is 0 Å². The van der Waals surface area contributed by atoms with Gasteiger partial charge in [-0.15, -0.1) is 22.7 Å². The number of thiazole rings is 1. The van der Waals surface area contributed by atoms with Crippen molar-refractivity contribution in [3.05, 3.63) is 115 Å². The lowest BCUT2D eigenvalue weighted by molar-refractivity contribution is 0.0911.